The maximum atomic E-state index is 11.3. The maximum Gasteiger partial charge on any atom is 0.303 e. The van der Waals surface area contributed by atoms with Crippen molar-refractivity contribution in [1.29, 1.82) is 0 Å². The van der Waals surface area contributed by atoms with Gasteiger partial charge < -0.3 is 10.4 Å². The van der Waals surface area contributed by atoms with Crippen LogP contribution in [0.25, 0.3) is 0 Å². The zero-order chi connectivity index (χ0) is 16.7. The summed E-state index contributed by atoms with van der Waals surface area (Å²) in [5.41, 5.74) is 1.31. The van der Waals surface area contributed by atoms with E-state index in [0.717, 1.165) is 38.8 Å². The third-order valence-electron chi connectivity index (χ3n) is 5.06. The molecule has 4 heteroatoms. The smallest absolute Gasteiger partial charge is 0.303 e. The molecule has 136 valence electrons. The lowest BCUT2D eigenvalue weighted by Crippen LogP contribution is -2.42. The third kappa shape index (κ3) is 6.82. The van der Waals surface area contributed by atoms with Crippen molar-refractivity contribution in [2.45, 2.75) is 52.4 Å². The Hall–Kier alpha value is -1.06. The van der Waals surface area contributed by atoms with Gasteiger partial charge in [-0.1, -0.05) is 44.2 Å². The summed E-state index contributed by atoms with van der Waals surface area (Å²) in [7, 11) is 0. The molecule has 0 saturated heterocycles. The quantitative estimate of drug-likeness (QED) is 0.674. The van der Waals surface area contributed by atoms with Gasteiger partial charge in [0.15, 0.2) is 0 Å². The highest BCUT2D eigenvalue weighted by Gasteiger charge is 2.39. The molecule has 0 heterocycles. The second-order valence-electron chi connectivity index (χ2n) is 7.69. The summed E-state index contributed by atoms with van der Waals surface area (Å²) < 4.78 is 0. The topological polar surface area (TPSA) is 49.3 Å². The highest BCUT2D eigenvalue weighted by molar-refractivity contribution is 5.85. The average molecular weight is 354 g/mol. The van der Waals surface area contributed by atoms with Crippen molar-refractivity contribution < 1.29 is 9.90 Å². The van der Waals surface area contributed by atoms with Gasteiger partial charge in [0.25, 0.3) is 0 Å². The van der Waals surface area contributed by atoms with Crippen molar-refractivity contribution in [3.05, 3.63) is 35.9 Å². The number of hydrogen-bond donors (Lipinski definition) is 2. The number of rotatable bonds is 8. The summed E-state index contributed by atoms with van der Waals surface area (Å²) in [6, 6.07) is 10.5. The van der Waals surface area contributed by atoms with E-state index in [1.807, 2.05) is 6.07 Å². The van der Waals surface area contributed by atoms with Crippen molar-refractivity contribution in [2.75, 3.05) is 13.1 Å². The molecule has 0 spiro atoms. The van der Waals surface area contributed by atoms with Crippen LogP contribution in [0.5, 0.6) is 0 Å². The fraction of sp³-hybridized carbons (Fsp3) is 0.650. The highest BCUT2D eigenvalue weighted by Crippen LogP contribution is 2.44. The summed E-state index contributed by atoms with van der Waals surface area (Å²) in [5, 5.41) is 12.9. The fourth-order valence-corrected chi connectivity index (χ4v) is 4.50. The Balaban J connectivity index is 0.00000288. The van der Waals surface area contributed by atoms with Gasteiger partial charge in [0.1, 0.15) is 0 Å². The minimum absolute atomic E-state index is 0. The van der Waals surface area contributed by atoms with Gasteiger partial charge >= 0.3 is 5.97 Å². The van der Waals surface area contributed by atoms with E-state index < -0.39 is 5.97 Å². The van der Waals surface area contributed by atoms with Crippen LogP contribution in [0.2, 0.25) is 0 Å². The maximum absolute atomic E-state index is 11.3. The minimum atomic E-state index is -0.655. The average Bonchev–Trinajstić information content (AvgIpc) is 2.46. The van der Waals surface area contributed by atoms with Crippen LogP contribution in [0.4, 0.5) is 0 Å². The first-order chi connectivity index (χ1) is 11.0. The van der Waals surface area contributed by atoms with Gasteiger partial charge in [0.05, 0.1) is 6.42 Å². The molecular formula is C20H32ClNO2. The number of carboxylic acids is 1. The van der Waals surface area contributed by atoms with Crippen LogP contribution in [0.15, 0.2) is 30.3 Å². The predicted molar refractivity (Wildman–Crippen MR) is 102 cm³/mol. The first-order valence-electron chi connectivity index (χ1n) is 8.95. The van der Waals surface area contributed by atoms with Crippen LogP contribution < -0.4 is 5.32 Å². The van der Waals surface area contributed by atoms with E-state index in [1.165, 1.54) is 12.0 Å². The molecule has 1 aliphatic rings. The van der Waals surface area contributed by atoms with Gasteiger partial charge in [-0.05, 0) is 61.5 Å². The first-order valence-corrected chi connectivity index (χ1v) is 8.95. The summed E-state index contributed by atoms with van der Waals surface area (Å²) in [4.78, 5) is 11.3. The summed E-state index contributed by atoms with van der Waals surface area (Å²) in [5.74, 6) is 0.603. The molecule has 1 saturated carbocycles. The number of carbonyl (C=O) groups is 1. The molecule has 1 aromatic carbocycles. The molecule has 24 heavy (non-hydrogen) atoms. The van der Waals surface area contributed by atoms with Gasteiger partial charge in [-0.15, -0.1) is 12.4 Å². The second-order valence-corrected chi connectivity index (χ2v) is 7.69. The Bertz CT molecular complexity index is 482. The van der Waals surface area contributed by atoms with E-state index in [4.69, 9.17) is 0 Å². The molecule has 3 nitrogen and oxygen atoms in total. The predicted octanol–water partition coefficient (Wildman–Crippen LogP) is 4.55. The number of hydrogen-bond acceptors (Lipinski definition) is 2. The number of benzene rings is 1. The lowest BCUT2D eigenvalue weighted by atomic mass is 9.64. The molecule has 0 radical (unpaired) electrons. The largest absolute Gasteiger partial charge is 0.481 e. The van der Waals surface area contributed by atoms with Crippen molar-refractivity contribution in [3.63, 3.8) is 0 Å². The van der Waals surface area contributed by atoms with Gasteiger partial charge in [0.2, 0.25) is 0 Å². The van der Waals surface area contributed by atoms with Gasteiger partial charge in [-0.2, -0.15) is 0 Å². The summed E-state index contributed by atoms with van der Waals surface area (Å²) >= 11 is 0. The molecular weight excluding hydrogens is 322 g/mol. The van der Waals surface area contributed by atoms with E-state index in [-0.39, 0.29) is 17.8 Å². The zero-order valence-electron chi connectivity index (χ0n) is 15.0. The Morgan fingerprint density at radius 1 is 1.21 bits per heavy atom. The van der Waals surface area contributed by atoms with E-state index in [9.17, 15) is 9.90 Å². The standard InChI is InChI=1S/C20H31NO2.ClH/c1-16-11-17(2)13-20(12-16,14-19(22)23)15-21-10-6-9-18-7-4-3-5-8-18;/h3-5,7-8,16-17,21H,6,9-15H2,1-2H3,(H,22,23);1H/t16-,17+,20?;. The lowest BCUT2D eigenvalue weighted by molar-refractivity contribution is -0.140. The lowest BCUT2D eigenvalue weighted by Gasteiger charge is -2.42. The van der Waals surface area contributed by atoms with E-state index in [0.29, 0.717) is 18.3 Å². The number of nitrogens with one attached hydrogen (secondary N) is 1. The van der Waals surface area contributed by atoms with Crippen molar-refractivity contribution >= 4 is 18.4 Å². The van der Waals surface area contributed by atoms with Crippen molar-refractivity contribution in [2.24, 2.45) is 17.3 Å². The molecule has 0 bridgehead atoms. The third-order valence-corrected chi connectivity index (χ3v) is 5.06. The minimum Gasteiger partial charge on any atom is -0.481 e. The van der Waals surface area contributed by atoms with Gasteiger partial charge in [0, 0.05) is 6.54 Å². The molecule has 1 aromatic rings. The molecule has 2 rings (SSSR count). The molecule has 3 atom stereocenters. The Kier molecular flexibility index (Phi) is 8.79. The number of halogens is 1. The van der Waals surface area contributed by atoms with Crippen LogP contribution >= 0.6 is 12.4 Å². The molecule has 0 aromatic heterocycles. The second kappa shape index (κ2) is 10.0. The number of aryl methyl sites for hydroxylation is 1. The van der Waals surface area contributed by atoms with Gasteiger partial charge in [-0.25, -0.2) is 0 Å². The molecule has 1 aliphatic carbocycles. The molecule has 0 aliphatic heterocycles. The van der Waals surface area contributed by atoms with E-state index in [1.54, 1.807) is 0 Å². The van der Waals surface area contributed by atoms with E-state index in [2.05, 4.69) is 43.4 Å². The summed E-state index contributed by atoms with van der Waals surface area (Å²) in [6.45, 7) is 6.32. The Morgan fingerprint density at radius 2 is 1.83 bits per heavy atom. The van der Waals surface area contributed by atoms with Crippen LogP contribution in [0.1, 0.15) is 51.5 Å². The van der Waals surface area contributed by atoms with E-state index >= 15 is 0 Å². The normalized spacial score (nSPS) is 26.6. The zero-order valence-corrected chi connectivity index (χ0v) is 15.8. The monoisotopic (exact) mass is 353 g/mol. The summed E-state index contributed by atoms with van der Waals surface area (Å²) in [6.07, 6.45) is 5.78. The van der Waals surface area contributed by atoms with Crippen molar-refractivity contribution in [3.8, 4) is 0 Å². The van der Waals surface area contributed by atoms with Crippen LogP contribution in [0, 0.1) is 17.3 Å². The number of aliphatic carboxylic acids is 1. The fourth-order valence-electron chi connectivity index (χ4n) is 4.50. The van der Waals surface area contributed by atoms with Crippen LogP contribution in [0.3, 0.4) is 0 Å². The molecule has 1 fully saturated rings. The Labute approximate surface area is 152 Å². The first kappa shape index (κ1) is 21.0. The Morgan fingerprint density at radius 3 is 2.42 bits per heavy atom. The molecule has 1 unspecified atom stereocenters. The SMILES string of the molecule is C[C@@H]1C[C@H](C)CC(CNCCCc2ccccc2)(CC(=O)O)C1.Cl. The molecule has 2 N–H and O–H groups in total. The highest BCUT2D eigenvalue weighted by atomic mass is 35.5. The molecule has 0 amide bonds. The van der Waals surface area contributed by atoms with Crippen LogP contribution in [-0.2, 0) is 11.2 Å². The number of carboxylic acid groups (broad SMARTS) is 1. The van der Waals surface area contributed by atoms with Crippen molar-refractivity contribution in [1.82, 2.24) is 5.32 Å². The van der Waals surface area contributed by atoms with Crippen LogP contribution in [-0.4, -0.2) is 24.2 Å². The van der Waals surface area contributed by atoms with Gasteiger partial charge in [-0.3, -0.25) is 4.79 Å².